The van der Waals surface area contributed by atoms with E-state index >= 15 is 0 Å². The molecule has 0 bridgehead atoms. The van der Waals surface area contributed by atoms with E-state index in [0.717, 1.165) is 18.5 Å². The van der Waals surface area contributed by atoms with Gasteiger partial charge >= 0.3 is 0 Å². The Bertz CT molecular complexity index is 860. The molecule has 7 heteroatoms. The Kier molecular flexibility index (Phi) is 5.58. The van der Waals surface area contributed by atoms with Crippen LogP contribution in [0.25, 0.3) is 5.82 Å². The number of rotatable bonds is 7. The molecule has 0 saturated heterocycles. The predicted octanol–water partition coefficient (Wildman–Crippen LogP) is 3.89. The Morgan fingerprint density at radius 1 is 1.23 bits per heavy atom. The van der Waals surface area contributed by atoms with Gasteiger partial charge in [-0.05, 0) is 43.7 Å². The molecule has 2 aromatic heterocycles. The summed E-state index contributed by atoms with van der Waals surface area (Å²) in [5.74, 6) is 2.31. The molecule has 0 saturated carbocycles. The first-order valence-corrected chi connectivity index (χ1v) is 8.57. The van der Waals surface area contributed by atoms with Gasteiger partial charge < -0.3 is 10.1 Å². The van der Waals surface area contributed by atoms with Gasteiger partial charge in [0.1, 0.15) is 11.6 Å². The van der Waals surface area contributed by atoms with Crippen molar-refractivity contribution in [3.63, 3.8) is 0 Å². The minimum atomic E-state index is 0.0239. The number of hydrogen-bond donors (Lipinski definition) is 1. The highest BCUT2D eigenvalue weighted by molar-refractivity contribution is 5.90. The Balaban J connectivity index is 1.68. The van der Waals surface area contributed by atoms with Crippen LogP contribution in [-0.2, 0) is 4.79 Å². The van der Waals surface area contributed by atoms with Gasteiger partial charge in [0.15, 0.2) is 5.82 Å². The number of anilines is 1. The lowest BCUT2D eigenvalue weighted by Gasteiger charge is -2.09. The number of aryl methyl sites for hydroxylation is 1. The summed E-state index contributed by atoms with van der Waals surface area (Å²) < 4.78 is 7.47. The summed E-state index contributed by atoms with van der Waals surface area (Å²) in [6, 6.07) is 10.7. The molecule has 0 aliphatic carbocycles. The Labute approximate surface area is 152 Å². The van der Waals surface area contributed by atoms with Crippen molar-refractivity contribution in [1.82, 2.24) is 19.7 Å². The Hall–Kier alpha value is -3.22. The largest absolute Gasteiger partial charge is 0.439 e. The maximum atomic E-state index is 11.8. The first-order chi connectivity index (χ1) is 12.6. The number of aromatic nitrogens is 4. The second-order valence-corrected chi connectivity index (χ2v) is 5.84. The average Bonchev–Trinajstić information content (AvgIpc) is 3.16. The summed E-state index contributed by atoms with van der Waals surface area (Å²) in [5, 5.41) is 7.04. The van der Waals surface area contributed by atoms with E-state index in [4.69, 9.17) is 4.74 Å². The van der Waals surface area contributed by atoms with Crippen LogP contribution in [0.5, 0.6) is 11.6 Å². The molecule has 0 unspecified atom stereocenters. The molecule has 0 aliphatic heterocycles. The molecule has 1 aromatic carbocycles. The standard InChI is InChI=1S/C19H21N5O2/c1-3-4-6-18(25)23-15-7-9-16(10-8-15)26-19-13-17(21-14(2)22-19)24-12-5-11-20-24/h5,7-13H,3-4,6H2,1-2H3,(H,23,25). The van der Waals surface area contributed by atoms with Crippen LogP contribution in [0, 0.1) is 6.92 Å². The van der Waals surface area contributed by atoms with Crippen LogP contribution in [0.1, 0.15) is 32.0 Å². The maximum Gasteiger partial charge on any atom is 0.224 e. The number of ether oxygens (including phenoxy) is 1. The van der Waals surface area contributed by atoms with Crippen molar-refractivity contribution < 1.29 is 9.53 Å². The van der Waals surface area contributed by atoms with E-state index in [1.807, 2.05) is 24.4 Å². The Morgan fingerprint density at radius 2 is 2.04 bits per heavy atom. The highest BCUT2D eigenvalue weighted by Gasteiger charge is 2.07. The van der Waals surface area contributed by atoms with Gasteiger partial charge in [-0.2, -0.15) is 10.1 Å². The van der Waals surface area contributed by atoms with Gasteiger partial charge in [-0.15, -0.1) is 0 Å². The lowest BCUT2D eigenvalue weighted by Crippen LogP contribution is -2.10. The van der Waals surface area contributed by atoms with Crippen molar-refractivity contribution in [2.45, 2.75) is 33.1 Å². The molecular weight excluding hydrogens is 330 g/mol. The second kappa shape index (κ2) is 8.24. The van der Waals surface area contributed by atoms with Crippen LogP contribution in [0.4, 0.5) is 5.69 Å². The smallest absolute Gasteiger partial charge is 0.224 e. The van der Waals surface area contributed by atoms with Crippen molar-refractivity contribution in [2.24, 2.45) is 0 Å². The van der Waals surface area contributed by atoms with Crippen molar-refractivity contribution >= 4 is 11.6 Å². The van der Waals surface area contributed by atoms with Gasteiger partial charge in [0.05, 0.1) is 0 Å². The van der Waals surface area contributed by atoms with Gasteiger partial charge in [0.2, 0.25) is 11.8 Å². The van der Waals surface area contributed by atoms with Crippen molar-refractivity contribution in [2.75, 3.05) is 5.32 Å². The monoisotopic (exact) mass is 351 g/mol. The highest BCUT2D eigenvalue weighted by Crippen LogP contribution is 2.23. The fraction of sp³-hybridized carbons (Fsp3) is 0.263. The van der Waals surface area contributed by atoms with Gasteiger partial charge in [0, 0.05) is 30.6 Å². The molecule has 3 aromatic rings. The molecule has 26 heavy (non-hydrogen) atoms. The molecule has 1 amide bonds. The summed E-state index contributed by atoms with van der Waals surface area (Å²) in [6.45, 7) is 3.86. The zero-order valence-electron chi connectivity index (χ0n) is 14.8. The Morgan fingerprint density at radius 3 is 2.73 bits per heavy atom. The predicted molar refractivity (Wildman–Crippen MR) is 98.6 cm³/mol. The molecule has 7 nitrogen and oxygen atoms in total. The van der Waals surface area contributed by atoms with Crippen molar-refractivity contribution in [1.29, 1.82) is 0 Å². The van der Waals surface area contributed by atoms with Crippen LogP contribution in [0.2, 0.25) is 0 Å². The molecule has 134 valence electrons. The number of carbonyl (C=O) groups is 1. The summed E-state index contributed by atoms with van der Waals surface area (Å²) in [5.41, 5.74) is 0.745. The first kappa shape index (κ1) is 17.6. The van der Waals surface area contributed by atoms with Crippen LogP contribution in [0.3, 0.4) is 0 Å². The first-order valence-electron chi connectivity index (χ1n) is 8.57. The van der Waals surface area contributed by atoms with Crippen LogP contribution in [0.15, 0.2) is 48.8 Å². The van der Waals surface area contributed by atoms with E-state index in [-0.39, 0.29) is 5.91 Å². The molecule has 3 rings (SSSR count). The quantitative estimate of drug-likeness (QED) is 0.698. The third-order valence-electron chi connectivity index (χ3n) is 3.66. The van der Waals surface area contributed by atoms with Gasteiger partial charge in [-0.3, -0.25) is 4.79 Å². The number of nitrogens with one attached hydrogen (secondary N) is 1. The molecule has 0 atom stereocenters. The lowest BCUT2D eigenvalue weighted by atomic mass is 10.2. The number of unbranched alkanes of at least 4 members (excludes halogenated alkanes) is 1. The van der Waals surface area contributed by atoms with Crippen LogP contribution >= 0.6 is 0 Å². The summed E-state index contributed by atoms with van der Waals surface area (Å²) >= 11 is 0. The second-order valence-electron chi connectivity index (χ2n) is 5.84. The molecule has 0 radical (unpaired) electrons. The molecule has 0 aliphatic rings. The number of amides is 1. The molecule has 1 N–H and O–H groups in total. The molecule has 0 fully saturated rings. The summed E-state index contributed by atoms with van der Waals surface area (Å²) in [6.07, 6.45) is 5.91. The number of hydrogen-bond acceptors (Lipinski definition) is 5. The zero-order chi connectivity index (χ0) is 18.4. The summed E-state index contributed by atoms with van der Waals surface area (Å²) in [7, 11) is 0. The van der Waals surface area contributed by atoms with E-state index in [0.29, 0.717) is 29.7 Å². The number of carbonyl (C=O) groups excluding carboxylic acids is 1. The van der Waals surface area contributed by atoms with Crippen LogP contribution in [-0.4, -0.2) is 25.7 Å². The fourth-order valence-corrected chi connectivity index (χ4v) is 2.39. The lowest BCUT2D eigenvalue weighted by molar-refractivity contribution is -0.116. The third-order valence-corrected chi connectivity index (χ3v) is 3.66. The van der Waals surface area contributed by atoms with Crippen LogP contribution < -0.4 is 10.1 Å². The number of nitrogens with zero attached hydrogens (tertiary/aromatic N) is 4. The molecular formula is C19H21N5O2. The van der Waals surface area contributed by atoms with E-state index in [1.54, 1.807) is 36.0 Å². The molecule has 0 spiro atoms. The fourth-order valence-electron chi connectivity index (χ4n) is 2.39. The van der Waals surface area contributed by atoms with E-state index in [2.05, 4.69) is 27.3 Å². The van der Waals surface area contributed by atoms with Gasteiger partial charge in [-0.25, -0.2) is 9.67 Å². The van der Waals surface area contributed by atoms with Crippen molar-refractivity contribution in [3.8, 4) is 17.4 Å². The SMILES string of the molecule is CCCCC(=O)Nc1ccc(Oc2cc(-n3cccn3)nc(C)n2)cc1. The van der Waals surface area contributed by atoms with Gasteiger partial charge in [-0.1, -0.05) is 13.3 Å². The van der Waals surface area contributed by atoms with E-state index in [1.165, 1.54) is 0 Å². The minimum Gasteiger partial charge on any atom is -0.439 e. The number of benzene rings is 1. The van der Waals surface area contributed by atoms with E-state index in [9.17, 15) is 4.79 Å². The minimum absolute atomic E-state index is 0.0239. The van der Waals surface area contributed by atoms with E-state index < -0.39 is 0 Å². The summed E-state index contributed by atoms with van der Waals surface area (Å²) in [4.78, 5) is 20.4. The normalized spacial score (nSPS) is 10.5. The maximum absolute atomic E-state index is 11.8. The molecule has 2 heterocycles. The van der Waals surface area contributed by atoms with Crippen molar-refractivity contribution in [3.05, 3.63) is 54.6 Å². The zero-order valence-corrected chi connectivity index (χ0v) is 14.8. The average molecular weight is 351 g/mol. The topological polar surface area (TPSA) is 81.9 Å². The third kappa shape index (κ3) is 4.66. The van der Waals surface area contributed by atoms with Gasteiger partial charge in [0.25, 0.3) is 0 Å². The highest BCUT2D eigenvalue weighted by atomic mass is 16.5.